The van der Waals surface area contributed by atoms with Gasteiger partial charge in [-0.1, -0.05) is 29.8 Å². The molecular weight excluding hydrogens is 330 g/mol. The lowest BCUT2D eigenvalue weighted by Crippen LogP contribution is -2.22. The van der Waals surface area contributed by atoms with Gasteiger partial charge in [0.25, 0.3) is 11.8 Å². The minimum Gasteiger partial charge on any atom is -0.493 e. The molecule has 0 aliphatic carbocycles. The van der Waals surface area contributed by atoms with Gasteiger partial charge < -0.3 is 9.47 Å². The number of imide groups is 1. The molecule has 0 aromatic heterocycles. The van der Waals surface area contributed by atoms with E-state index >= 15 is 0 Å². The normalized spacial score (nSPS) is 14.0. The van der Waals surface area contributed by atoms with Gasteiger partial charge >= 0.3 is 0 Å². The van der Waals surface area contributed by atoms with Crippen molar-refractivity contribution >= 4 is 34.6 Å². The zero-order chi connectivity index (χ0) is 17.3. The van der Waals surface area contributed by atoms with Gasteiger partial charge in [0.2, 0.25) is 0 Å². The highest BCUT2D eigenvalue weighted by atomic mass is 35.5. The van der Waals surface area contributed by atoms with Crippen LogP contribution in [-0.4, -0.2) is 26.0 Å². The fourth-order valence-corrected chi connectivity index (χ4v) is 2.83. The lowest BCUT2D eigenvalue weighted by atomic mass is 9.96. The van der Waals surface area contributed by atoms with Gasteiger partial charge in [0, 0.05) is 5.02 Å². The van der Waals surface area contributed by atoms with Crippen molar-refractivity contribution in [1.82, 2.24) is 5.32 Å². The maximum Gasteiger partial charge on any atom is 0.259 e. The quantitative estimate of drug-likeness (QED) is 0.867. The summed E-state index contributed by atoms with van der Waals surface area (Å²) in [5.41, 5.74) is 1.71. The summed E-state index contributed by atoms with van der Waals surface area (Å²) in [4.78, 5) is 24.6. The van der Waals surface area contributed by atoms with Crippen LogP contribution in [0.5, 0.6) is 11.5 Å². The fourth-order valence-electron chi connectivity index (χ4n) is 2.64. The Balaban J connectivity index is 2.21. The van der Waals surface area contributed by atoms with Gasteiger partial charge in [-0.15, -0.1) is 0 Å². The van der Waals surface area contributed by atoms with Gasteiger partial charge in [-0.05, 0) is 35.4 Å². The van der Waals surface area contributed by atoms with Crippen LogP contribution in [0.25, 0.3) is 11.1 Å². The number of hydrogen-bond donors (Lipinski definition) is 1. The maximum absolute atomic E-state index is 12.3. The summed E-state index contributed by atoms with van der Waals surface area (Å²) in [6, 6.07) is 11.9. The van der Waals surface area contributed by atoms with Gasteiger partial charge in [0.1, 0.15) is 0 Å². The number of rotatable bonds is 4. The van der Waals surface area contributed by atoms with E-state index in [-0.39, 0.29) is 11.1 Å². The first-order chi connectivity index (χ1) is 11.5. The second-order valence-electron chi connectivity index (χ2n) is 5.11. The van der Waals surface area contributed by atoms with E-state index in [1.807, 2.05) is 0 Å². The minimum absolute atomic E-state index is 0.281. The lowest BCUT2D eigenvalue weighted by molar-refractivity contribution is -0.122. The molecule has 122 valence electrons. The largest absolute Gasteiger partial charge is 0.493 e. The molecule has 0 radical (unpaired) electrons. The molecule has 0 saturated carbocycles. The summed E-state index contributed by atoms with van der Waals surface area (Å²) in [6.45, 7) is 0. The van der Waals surface area contributed by atoms with E-state index in [1.165, 1.54) is 14.2 Å². The summed E-state index contributed by atoms with van der Waals surface area (Å²) in [5.74, 6) is 0.102. The monoisotopic (exact) mass is 343 g/mol. The maximum atomic E-state index is 12.3. The molecule has 0 fully saturated rings. The van der Waals surface area contributed by atoms with E-state index in [2.05, 4.69) is 5.32 Å². The number of benzene rings is 2. The van der Waals surface area contributed by atoms with Crippen molar-refractivity contribution in [1.29, 1.82) is 0 Å². The SMILES string of the molecule is COc1ccc(C2=C(c3cccc(Cl)c3)C(=O)NC2=O)cc1OC. The summed E-state index contributed by atoms with van der Waals surface area (Å²) < 4.78 is 10.5. The third kappa shape index (κ3) is 2.74. The molecule has 2 aromatic rings. The molecule has 0 atom stereocenters. The molecule has 2 aromatic carbocycles. The minimum atomic E-state index is -0.456. The molecule has 24 heavy (non-hydrogen) atoms. The first kappa shape index (κ1) is 16.1. The molecule has 0 bridgehead atoms. The number of carbonyl (C=O) groups excluding carboxylic acids is 2. The number of methoxy groups -OCH3 is 2. The van der Waals surface area contributed by atoms with E-state index in [0.717, 1.165) is 0 Å². The van der Waals surface area contributed by atoms with Crippen molar-refractivity contribution in [2.75, 3.05) is 14.2 Å². The second kappa shape index (κ2) is 6.37. The zero-order valence-corrected chi connectivity index (χ0v) is 13.8. The van der Waals surface area contributed by atoms with Crippen LogP contribution in [0.15, 0.2) is 42.5 Å². The molecule has 0 unspecified atom stereocenters. The molecule has 2 amide bonds. The zero-order valence-electron chi connectivity index (χ0n) is 13.1. The summed E-state index contributed by atoms with van der Waals surface area (Å²) >= 11 is 6.01. The van der Waals surface area contributed by atoms with Gasteiger partial charge in [0.05, 0.1) is 25.4 Å². The third-order valence-corrected chi connectivity index (χ3v) is 3.95. The average Bonchev–Trinajstić information content (AvgIpc) is 2.88. The highest BCUT2D eigenvalue weighted by molar-refractivity contribution is 6.49. The number of ether oxygens (including phenoxy) is 2. The molecule has 3 rings (SSSR count). The molecular formula is C18H14ClNO4. The van der Waals surface area contributed by atoms with Crippen LogP contribution in [0.2, 0.25) is 5.02 Å². The molecule has 0 saturated heterocycles. The van der Waals surface area contributed by atoms with E-state index in [1.54, 1.807) is 42.5 Å². The van der Waals surface area contributed by atoms with Crippen molar-refractivity contribution in [3.05, 3.63) is 58.6 Å². The summed E-state index contributed by atoms with van der Waals surface area (Å²) in [7, 11) is 3.04. The van der Waals surface area contributed by atoms with Crippen LogP contribution < -0.4 is 14.8 Å². The molecule has 1 aliphatic rings. The second-order valence-corrected chi connectivity index (χ2v) is 5.55. The van der Waals surface area contributed by atoms with Crippen LogP contribution in [-0.2, 0) is 9.59 Å². The number of nitrogens with one attached hydrogen (secondary N) is 1. The van der Waals surface area contributed by atoms with Gasteiger partial charge in [-0.3, -0.25) is 14.9 Å². The topological polar surface area (TPSA) is 64.6 Å². The highest BCUT2D eigenvalue weighted by Gasteiger charge is 2.32. The average molecular weight is 344 g/mol. The molecule has 1 N–H and O–H groups in total. The highest BCUT2D eigenvalue weighted by Crippen LogP contribution is 2.36. The standard InChI is InChI=1S/C18H14ClNO4/c1-23-13-7-6-11(9-14(13)24-2)16-15(17(21)20-18(16)22)10-4-3-5-12(19)8-10/h3-9H,1-2H3,(H,20,21,22). The molecule has 0 spiro atoms. The predicted molar refractivity (Wildman–Crippen MR) is 91.0 cm³/mol. The van der Waals surface area contributed by atoms with E-state index in [9.17, 15) is 9.59 Å². The fraction of sp³-hybridized carbons (Fsp3) is 0.111. The first-order valence-corrected chi connectivity index (χ1v) is 7.51. The Labute approximate surface area is 143 Å². The Morgan fingerprint density at radius 1 is 0.833 bits per heavy atom. The summed E-state index contributed by atoms with van der Waals surface area (Å²) in [6.07, 6.45) is 0. The van der Waals surface area contributed by atoms with Crippen LogP contribution >= 0.6 is 11.6 Å². The van der Waals surface area contributed by atoms with Crippen molar-refractivity contribution in [3.63, 3.8) is 0 Å². The van der Waals surface area contributed by atoms with Crippen LogP contribution in [0.1, 0.15) is 11.1 Å². The molecule has 1 aliphatic heterocycles. The Bertz CT molecular complexity index is 873. The van der Waals surface area contributed by atoms with Crippen LogP contribution in [0.3, 0.4) is 0 Å². The Morgan fingerprint density at radius 2 is 1.46 bits per heavy atom. The smallest absolute Gasteiger partial charge is 0.259 e. The van der Waals surface area contributed by atoms with E-state index < -0.39 is 11.8 Å². The predicted octanol–water partition coefficient (Wildman–Crippen LogP) is 2.92. The summed E-state index contributed by atoms with van der Waals surface area (Å²) in [5, 5.41) is 2.82. The Hall–Kier alpha value is -2.79. The number of hydrogen-bond acceptors (Lipinski definition) is 4. The van der Waals surface area contributed by atoms with Crippen molar-refractivity contribution < 1.29 is 19.1 Å². The van der Waals surface area contributed by atoms with Gasteiger partial charge in [-0.25, -0.2) is 0 Å². The third-order valence-electron chi connectivity index (χ3n) is 3.72. The molecule has 6 heteroatoms. The Kier molecular flexibility index (Phi) is 4.27. The van der Waals surface area contributed by atoms with Crippen molar-refractivity contribution in [2.24, 2.45) is 0 Å². The van der Waals surface area contributed by atoms with Crippen molar-refractivity contribution in [2.45, 2.75) is 0 Å². The van der Waals surface area contributed by atoms with Gasteiger partial charge in [0.15, 0.2) is 11.5 Å². The van der Waals surface area contributed by atoms with Crippen LogP contribution in [0.4, 0.5) is 0 Å². The van der Waals surface area contributed by atoms with Gasteiger partial charge in [-0.2, -0.15) is 0 Å². The number of halogens is 1. The number of amides is 2. The van der Waals surface area contributed by atoms with E-state index in [0.29, 0.717) is 27.6 Å². The van der Waals surface area contributed by atoms with Crippen LogP contribution in [0, 0.1) is 0 Å². The first-order valence-electron chi connectivity index (χ1n) is 7.13. The number of carbonyl (C=O) groups is 2. The molecule has 1 heterocycles. The lowest BCUT2D eigenvalue weighted by Gasteiger charge is -2.10. The molecule has 5 nitrogen and oxygen atoms in total. The van der Waals surface area contributed by atoms with E-state index in [4.69, 9.17) is 21.1 Å². The van der Waals surface area contributed by atoms with Crippen molar-refractivity contribution in [3.8, 4) is 11.5 Å². The Morgan fingerprint density at radius 3 is 2.04 bits per heavy atom.